The van der Waals surface area contributed by atoms with Crippen molar-refractivity contribution in [3.63, 3.8) is 0 Å². The van der Waals surface area contributed by atoms with Gasteiger partial charge < -0.3 is 9.47 Å². The van der Waals surface area contributed by atoms with E-state index in [9.17, 15) is 0 Å². The molecule has 0 bridgehead atoms. The van der Waals surface area contributed by atoms with Crippen LogP contribution in [0.1, 0.15) is 0 Å². The van der Waals surface area contributed by atoms with E-state index in [4.69, 9.17) is 9.47 Å². The lowest BCUT2D eigenvalue weighted by Crippen LogP contribution is -2.09. The number of nitrogens with zero attached hydrogens (tertiary/aromatic N) is 1. The molecule has 0 saturated heterocycles. The molecule has 0 fully saturated rings. The fraction of sp³-hybridized carbons (Fsp3) is 0.0714. The van der Waals surface area contributed by atoms with E-state index >= 15 is 0 Å². The topological polar surface area (TPSA) is 30.8 Å². The van der Waals surface area contributed by atoms with Crippen LogP contribution in [0.5, 0.6) is 5.75 Å². The van der Waals surface area contributed by atoms with Gasteiger partial charge in [-0.05, 0) is 36.4 Å². The second kappa shape index (κ2) is 3.94. The summed E-state index contributed by atoms with van der Waals surface area (Å²) >= 11 is 0. The van der Waals surface area contributed by atoms with Crippen LogP contribution >= 0.6 is 0 Å². The average Bonchev–Trinajstić information content (AvgIpc) is 2.58. The van der Waals surface area contributed by atoms with Gasteiger partial charge in [0.1, 0.15) is 17.2 Å². The highest BCUT2D eigenvalue weighted by atomic mass is 16.5. The zero-order chi connectivity index (χ0) is 11.7. The quantitative estimate of drug-likeness (QED) is 0.735. The van der Waals surface area contributed by atoms with Gasteiger partial charge in [0.2, 0.25) is 0 Å². The Balaban J connectivity index is 2.08. The zero-order valence-corrected chi connectivity index (χ0v) is 9.38. The Morgan fingerprint density at radius 2 is 2.00 bits per heavy atom. The van der Waals surface area contributed by atoms with Gasteiger partial charge in [-0.3, -0.25) is 0 Å². The van der Waals surface area contributed by atoms with E-state index in [0.717, 1.165) is 28.7 Å². The van der Waals surface area contributed by atoms with Crippen molar-refractivity contribution in [2.45, 2.75) is 0 Å². The first-order valence-corrected chi connectivity index (χ1v) is 5.37. The fourth-order valence-corrected chi connectivity index (χ4v) is 1.74. The molecule has 0 saturated carbocycles. The summed E-state index contributed by atoms with van der Waals surface area (Å²) in [5, 5.41) is 0. The molecule has 1 aromatic carbocycles. The van der Waals surface area contributed by atoms with Crippen molar-refractivity contribution in [3.05, 3.63) is 60.1 Å². The summed E-state index contributed by atoms with van der Waals surface area (Å²) in [5.74, 6) is 2.31. The Morgan fingerprint density at radius 3 is 2.88 bits per heavy atom. The van der Waals surface area contributed by atoms with Crippen molar-refractivity contribution in [3.8, 4) is 5.75 Å². The van der Waals surface area contributed by atoms with Crippen LogP contribution in [0, 0.1) is 0 Å². The second-order valence-corrected chi connectivity index (χ2v) is 3.70. The minimum atomic E-state index is 0.743. The summed E-state index contributed by atoms with van der Waals surface area (Å²) in [7, 11) is 1.64. The first-order valence-electron chi connectivity index (χ1n) is 5.37. The molecule has 84 valence electrons. The highest BCUT2D eigenvalue weighted by molar-refractivity contribution is 6.10. The lowest BCUT2D eigenvalue weighted by atomic mass is 10.2. The molecule has 17 heavy (non-hydrogen) atoms. The van der Waals surface area contributed by atoms with Gasteiger partial charge in [-0.15, -0.1) is 0 Å². The zero-order valence-electron chi connectivity index (χ0n) is 9.38. The Hall–Kier alpha value is -2.29. The predicted molar refractivity (Wildman–Crippen MR) is 66.5 cm³/mol. The fourth-order valence-electron chi connectivity index (χ4n) is 1.74. The molecule has 0 amide bonds. The SMILES string of the molecule is COC1=CC=C2Oc3ccccc3N=C2C=C1. The van der Waals surface area contributed by atoms with Crippen molar-refractivity contribution in [2.75, 3.05) is 7.11 Å². The number of methoxy groups -OCH3 is 1. The molecule has 3 heteroatoms. The molecule has 1 aromatic rings. The van der Waals surface area contributed by atoms with E-state index in [2.05, 4.69) is 4.99 Å². The van der Waals surface area contributed by atoms with E-state index in [-0.39, 0.29) is 0 Å². The molecule has 1 aliphatic heterocycles. The largest absolute Gasteiger partial charge is 0.497 e. The van der Waals surface area contributed by atoms with E-state index < -0.39 is 0 Å². The maximum absolute atomic E-state index is 5.79. The van der Waals surface area contributed by atoms with E-state index in [1.54, 1.807) is 7.11 Å². The molecule has 3 rings (SSSR count). The summed E-state index contributed by atoms with van der Waals surface area (Å²) < 4.78 is 11.0. The first kappa shape index (κ1) is 9.90. The number of fused-ring (bicyclic) bond motifs is 2. The summed E-state index contributed by atoms with van der Waals surface area (Å²) in [6.07, 6.45) is 7.50. The molecule has 0 aromatic heterocycles. The van der Waals surface area contributed by atoms with Gasteiger partial charge in [-0.2, -0.15) is 0 Å². The third-order valence-electron chi connectivity index (χ3n) is 2.62. The Labute approximate surface area is 99.4 Å². The summed E-state index contributed by atoms with van der Waals surface area (Å²) in [5.41, 5.74) is 1.66. The number of hydrogen-bond donors (Lipinski definition) is 0. The lowest BCUT2D eigenvalue weighted by Gasteiger charge is -2.16. The van der Waals surface area contributed by atoms with E-state index in [0.29, 0.717) is 0 Å². The molecule has 0 spiro atoms. The number of rotatable bonds is 1. The maximum atomic E-state index is 5.79. The molecule has 0 atom stereocenters. The number of aliphatic imine (C=N–C) groups is 1. The van der Waals surface area contributed by atoms with E-state index in [1.165, 1.54) is 0 Å². The standard InChI is InChI=1S/C14H11NO2/c1-16-10-6-8-12-14(9-7-10)17-13-5-3-2-4-11(13)15-12/h2-9H,1H3. The molecule has 1 heterocycles. The second-order valence-electron chi connectivity index (χ2n) is 3.70. The smallest absolute Gasteiger partial charge is 0.153 e. The average molecular weight is 225 g/mol. The maximum Gasteiger partial charge on any atom is 0.153 e. The van der Waals surface area contributed by atoms with Crippen molar-refractivity contribution in [1.82, 2.24) is 0 Å². The van der Waals surface area contributed by atoms with Crippen LogP contribution in [-0.2, 0) is 4.74 Å². The van der Waals surface area contributed by atoms with Gasteiger partial charge in [0.05, 0.1) is 7.11 Å². The monoisotopic (exact) mass is 225 g/mol. The molecular weight excluding hydrogens is 214 g/mol. The molecule has 3 nitrogen and oxygen atoms in total. The molecule has 0 unspecified atom stereocenters. The van der Waals surface area contributed by atoms with Crippen LogP contribution in [0.25, 0.3) is 0 Å². The number of benzene rings is 1. The van der Waals surface area contributed by atoms with Gasteiger partial charge >= 0.3 is 0 Å². The van der Waals surface area contributed by atoms with Gasteiger partial charge in [-0.1, -0.05) is 12.1 Å². The van der Waals surface area contributed by atoms with Gasteiger partial charge in [0.25, 0.3) is 0 Å². The van der Waals surface area contributed by atoms with Gasteiger partial charge in [0.15, 0.2) is 11.5 Å². The summed E-state index contributed by atoms with van der Waals surface area (Å²) in [6.45, 7) is 0. The minimum absolute atomic E-state index is 0.743. The van der Waals surface area contributed by atoms with Crippen LogP contribution in [0.15, 0.2) is 65.1 Å². The van der Waals surface area contributed by atoms with Crippen molar-refractivity contribution in [2.24, 2.45) is 4.99 Å². The van der Waals surface area contributed by atoms with Crippen molar-refractivity contribution in [1.29, 1.82) is 0 Å². The Kier molecular flexibility index (Phi) is 2.29. The molecule has 0 N–H and O–H groups in total. The molecule has 0 radical (unpaired) electrons. The predicted octanol–water partition coefficient (Wildman–Crippen LogP) is 3.14. The summed E-state index contributed by atoms with van der Waals surface area (Å²) in [6, 6.07) is 7.72. The lowest BCUT2D eigenvalue weighted by molar-refractivity contribution is 0.307. The Morgan fingerprint density at radius 1 is 1.12 bits per heavy atom. The van der Waals surface area contributed by atoms with Crippen LogP contribution in [-0.4, -0.2) is 12.8 Å². The Bertz CT molecular complexity index is 580. The normalized spacial score (nSPS) is 16.6. The minimum Gasteiger partial charge on any atom is -0.497 e. The van der Waals surface area contributed by atoms with Crippen LogP contribution in [0.2, 0.25) is 0 Å². The molecular formula is C14H11NO2. The highest BCUT2D eigenvalue weighted by Crippen LogP contribution is 2.34. The third kappa shape index (κ3) is 1.76. The van der Waals surface area contributed by atoms with Crippen LogP contribution in [0.4, 0.5) is 5.69 Å². The number of para-hydroxylation sites is 2. The van der Waals surface area contributed by atoms with Crippen molar-refractivity contribution < 1.29 is 9.47 Å². The number of ether oxygens (including phenoxy) is 2. The van der Waals surface area contributed by atoms with E-state index in [1.807, 2.05) is 48.6 Å². The summed E-state index contributed by atoms with van der Waals surface area (Å²) in [4.78, 5) is 4.54. The number of hydrogen-bond acceptors (Lipinski definition) is 3. The van der Waals surface area contributed by atoms with Gasteiger partial charge in [0, 0.05) is 0 Å². The van der Waals surface area contributed by atoms with Crippen LogP contribution in [0.3, 0.4) is 0 Å². The van der Waals surface area contributed by atoms with Crippen molar-refractivity contribution >= 4 is 11.4 Å². The first-order chi connectivity index (χ1) is 8.36. The number of allylic oxidation sites excluding steroid dienone is 4. The third-order valence-corrected chi connectivity index (χ3v) is 2.62. The van der Waals surface area contributed by atoms with Gasteiger partial charge in [-0.25, -0.2) is 4.99 Å². The highest BCUT2D eigenvalue weighted by Gasteiger charge is 2.17. The molecule has 1 aliphatic carbocycles. The van der Waals surface area contributed by atoms with Crippen LogP contribution < -0.4 is 4.74 Å². The molecule has 2 aliphatic rings.